The van der Waals surface area contributed by atoms with Crippen molar-refractivity contribution in [2.45, 2.75) is 52.2 Å². The van der Waals surface area contributed by atoms with E-state index in [0.717, 1.165) is 34.2 Å². The Morgan fingerprint density at radius 2 is 1.91 bits per heavy atom. The van der Waals surface area contributed by atoms with Gasteiger partial charge < -0.3 is 5.32 Å². The second-order valence-electron chi connectivity index (χ2n) is 8.10. The van der Waals surface area contributed by atoms with Crippen molar-refractivity contribution in [2.24, 2.45) is 0 Å². The summed E-state index contributed by atoms with van der Waals surface area (Å²) < 4.78 is 2.10. The summed E-state index contributed by atoms with van der Waals surface area (Å²) in [5.74, 6) is 0.985. The van der Waals surface area contributed by atoms with E-state index in [-0.39, 0.29) is 17.7 Å². The molecule has 1 amide bonds. The highest BCUT2D eigenvalue weighted by atomic mass is 32.2. The standard InChI is InChI=1S/C24H27N5OS3/c1-6-19-10-18(11-31-19)22-27-28-24(29(22)14(2)3)33-13-21(30)26-23-25-20(12-32-23)17-8-7-15(4)16(5)9-17/h7-12,14H,6,13H2,1-5H3,(H,25,26,30). The molecule has 4 aromatic rings. The lowest BCUT2D eigenvalue weighted by Gasteiger charge is -2.13. The molecular weight excluding hydrogens is 470 g/mol. The Morgan fingerprint density at radius 1 is 1.09 bits per heavy atom. The molecule has 1 aromatic carbocycles. The van der Waals surface area contributed by atoms with Crippen molar-refractivity contribution < 1.29 is 4.79 Å². The molecular formula is C24H27N5OS3. The average molecular weight is 498 g/mol. The smallest absolute Gasteiger partial charge is 0.236 e. The van der Waals surface area contributed by atoms with Crippen LogP contribution in [-0.2, 0) is 11.2 Å². The molecule has 3 aromatic heterocycles. The SMILES string of the molecule is CCc1cc(-c2nnc(SCC(=O)Nc3nc(-c4ccc(C)c(C)c4)cs3)n2C(C)C)cs1. The van der Waals surface area contributed by atoms with Crippen LogP contribution in [0.15, 0.2) is 40.2 Å². The first-order chi connectivity index (χ1) is 15.9. The fourth-order valence-corrected chi connectivity index (χ4v) is 5.79. The van der Waals surface area contributed by atoms with Gasteiger partial charge in [-0.2, -0.15) is 0 Å². The number of carbonyl (C=O) groups is 1. The van der Waals surface area contributed by atoms with Crippen LogP contribution >= 0.6 is 34.4 Å². The van der Waals surface area contributed by atoms with E-state index in [0.29, 0.717) is 5.13 Å². The lowest BCUT2D eigenvalue weighted by atomic mass is 10.1. The predicted molar refractivity (Wildman–Crippen MR) is 139 cm³/mol. The zero-order valence-electron chi connectivity index (χ0n) is 19.4. The second-order valence-corrected chi connectivity index (χ2v) is 10.9. The van der Waals surface area contributed by atoms with Gasteiger partial charge in [0.15, 0.2) is 16.1 Å². The molecule has 9 heteroatoms. The van der Waals surface area contributed by atoms with Crippen molar-refractivity contribution >= 4 is 45.5 Å². The number of anilines is 1. The molecule has 0 saturated carbocycles. The number of thioether (sulfide) groups is 1. The number of aryl methyl sites for hydroxylation is 3. The van der Waals surface area contributed by atoms with Crippen LogP contribution in [0.25, 0.3) is 22.6 Å². The van der Waals surface area contributed by atoms with Crippen LogP contribution in [0, 0.1) is 13.8 Å². The van der Waals surface area contributed by atoms with Gasteiger partial charge in [-0.15, -0.1) is 32.9 Å². The minimum Gasteiger partial charge on any atom is -0.301 e. The normalized spacial score (nSPS) is 11.3. The Bertz CT molecular complexity index is 1270. The first-order valence-corrected chi connectivity index (χ1v) is 13.6. The van der Waals surface area contributed by atoms with Gasteiger partial charge in [-0.05, 0) is 57.4 Å². The molecule has 0 atom stereocenters. The number of nitrogens with one attached hydrogen (secondary N) is 1. The van der Waals surface area contributed by atoms with Gasteiger partial charge >= 0.3 is 0 Å². The minimum absolute atomic E-state index is 0.107. The highest BCUT2D eigenvalue weighted by Gasteiger charge is 2.19. The van der Waals surface area contributed by atoms with Crippen LogP contribution in [-0.4, -0.2) is 31.4 Å². The zero-order valence-corrected chi connectivity index (χ0v) is 21.8. The van der Waals surface area contributed by atoms with Crippen molar-refractivity contribution in [3.05, 3.63) is 51.0 Å². The maximum atomic E-state index is 12.6. The van der Waals surface area contributed by atoms with Crippen LogP contribution in [0.2, 0.25) is 0 Å². The van der Waals surface area contributed by atoms with Gasteiger partial charge in [0, 0.05) is 32.8 Å². The first kappa shape index (κ1) is 23.7. The quantitative estimate of drug-likeness (QED) is 0.277. The number of carbonyl (C=O) groups excluding carboxylic acids is 1. The molecule has 0 bridgehead atoms. The van der Waals surface area contributed by atoms with Crippen LogP contribution in [0.5, 0.6) is 0 Å². The Hall–Kier alpha value is -2.49. The van der Waals surface area contributed by atoms with E-state index in [4.69, 9.17) is 0 Å². The molecule has 33 heavy (non-hydrogen) atoms. The molecule has 4 rings (SSSR count). The molecule has 0 aliphatic rings. The molecule has 0 spiro atoms. The van der Waals surface area contributed by atoms with Crippen LogP contribution in [0.1, 0.15) is 42.8 Å². The van der Waals surface area contributed by atoms with Gasteiger partial charge in [-0.1, -0.05) is 30.8 Å². The molecule has 172 valence electrons. The van der Waals surface area contributed by atoms with Gasteiger partial charge in [0.2, 0.25) is 5.91 Å². The van der Waals surface area contributed by atoms with Gasteiger partial charge in [0.05, 0.1) is 11.4 Å². The molecule has 0 fully saturated rings. The van der Waals surface area contributed by atoms with Crippen molar-refractivity contribution in [1.82, 2.24) is 19.7 Å². The fourth-order valence-electron chi connectivity index (χ4n) is 3.37. The Balaban J connectivity index is 1.42. The summed E-state index contributed by atoms with van der Waals surface area (Å²) in [6, 6.07) is 8.64. The highest BCUT2D eigenvalue weighted by molar-refractivity contribution is 7.99. The largest absolute Gasteiger partial charge is 0.301 e. The van der Waals surface area contributed by atoms with E-state index in [2.05, 4.69) is 89.3 Å². The number of hydrogen-bond acceptors (Lipinski definition) is 7. The van der Waals surface area contributed by atoms with E-state index in [1.165, 1.54) is 39.1 Å². The van der Waals surface area contributed by atoms with Gasteiger partial charge in [-0.25, -0.2) is 4.98 Å². The number of rotatable bonds is 8. The molecule has 6 nitrogen and oxygen atoms in total. The summed E-state index contributed by atoms with van der Waals surface area (Å²) in [6.07, 6.45) is 1.00. The van der Waals surface area contributed by atoms with Crippen LogP contribution < -0.4 is 5.32 Å². The number of aromatic nitrogens is 4. The molecule has 0 radical (unpaired) electrons. The second kappa shape index (κ2) is 10.2. The maximum Gasteiger partial charge on any atom is 0.236 e. The molecule has 0 saturated heterocycles. The van der Waals surface area contributed by atoms with Crippen molar-refractivity contribution in [3.63, 3.8) is 0 Å². The summed E-state index contributed by atoms with van der Waals surface area (Å²) in [4.78, 5) is 18.5. The number of hydrogen-bond donors (Lipinski definition) is 1. The third kappa shape index (κ3) is 5.37. The molecule has 1 N–H and O–H groups in total. The van der Waals surface area contributed by atoms with Gasteiger partial charge in [0.1, 0.15) is 0 Å². The third-order valence-electron chi connectivity index (χ3n) is 5.33. The lowest BCUT2D eigenvalue weighted by molar-refractivity contribution is -0.113. The van der Waals surface area contributed by atoms with Crippen LogP contribution in [0.4, 0.5) is 5.13 Å². The highest BCUT2D eigenvalue weighted by Crippen LogP contribution is 2.31. The molecule has 0 aliphatic heterocycles. The van der Waals surface area contributed by atoms with Crippen molar-refractivity contribution in [1.29, 1.82) is 0 Å². The van der Waals surface area contributed by atoms with E-state index >= 15 is 0 Å². The Kier molecular flexibility index (Phi) is 7.31. The molecule has 0 aliphatic carbocycles. The van der Waals surface area contributed by atoms with Gasteiger partial charge in [-0.3, -0.25) is 9.36 Å². The van der Waals surface area contributed by atoms with Crippen LogP contribution in [0.3, 0.4) is 0 Å². The summed E-state index contributed by atoms with van der Waals surface area (Å²) in [6.45, 7) is 10.5. The molecule has 3 heterocycles. The summed E-state index contributed by atoms with van der Waals surface area (Å²) >= 11 is 4.57. The fraction of sp³-hybridized carbons (Fsp3) is 0.333. The number of nitrogens with zero attached hydrogens (tertiary/aromatic N) is 4. The number of thiophene rings is 1. The van der Waals surface area contributed by atoms with E-state index in [1.807, 2.05) is 5.38 Å². The number of benzene rings is 1. The van der Waals surface area contributed by atoms with Crippen molar-refractivity contribution in [3.8, 4) is 22.6 Å². The average Bonchev–Trinajstić information content (AvgIpc) is 3.53. The number of thiazole rings is 1. The third-order valence-corrected chi connectivity index (χ3v) is 8.11. The van der Waals surface area contributed by atoms with E-state index in [1.54, 1.807) is 11.3 Å². The molecule has 0 unspecified atom stereocenters. The Morgan fingerprint density at radius 3 is 2.61 bits per heavy atom. The zero-order chi connectivity index (χ0) is 23.5. The number of amides is 1. The minimum atomic E-state index is -0.107. The maximum absolute atomic E-state index is 12.6. The predicted octanol–water partition coefficient (Wildman–Crippen LogP) is 6.62. The lowest BCUT2D eigenvalue weighted by Crippen LogP contribution is -2.15. The topological polar surface area (TPSA) is 72.7 Å². The van der Waals surface area contributed by atoms with Gasteiger partial charge in [0.25, 0.3) is 0 Å². The van der Waals surface area contributed by atoms with E-state index in [9.17, 15) is 4.79 Å². The summed E-state index contributed by atoms with van der Waals surface area (Å²) in [5.41, 5.74) is 5.49. The van der Waals surface area contributed by atoms with Crippen molar-refractivity contribution in [2.75, 3.05) is 11.1 Å². The summed E-state index contributed by atoms with van der Waals surface area (Å²) in [5, 5.41) is 17.2. The summed E-state index contributed by atoms with van der Waals surface area (Å²) in [7, 11) is 0. The van der Waals surface area contributed by atoms with E-state index < -0.39 is 0 Å². The monoisotopic (exact) mass is 497 g/mol. The first-order valence-electron chi connectivity index (χ1n) is 10.8. The Labute approximate surface area is 206 Å².